The Labute approximate surface area is 137 Å². The van der Waals surface area contributed by atoms with E-state index in [1.54, 1.807) is 6.07 Å². The summed E-state index contributed by atoms with van der Waals surface area (Å²) in [6.45, 7) is 2.03. The Hall–Kier alpha value is -1.10. The van der Waals surface area contributed by atoms with Crippen molar-refractivity contribution in [3.05, 3.63) is 57.3 Å². The van der Waals surface area contributed by atoms with Crippen LogP contribution in [0.15, 0.2) is 40.9 Å². The summed E-state index contributed by atoms with van der Waals surface area (Å²) in [5.41, 5.74) is 6.88. The number of ether oxygens (including phenoxy) is 1. The molecule has 0 aliphatic rings. The lowest BCUT2D eigenvalue weighted by Crippen LogP contribution is -2.21. The smallest absolute Gasteiger partial charge is 0.141 e. The van der Waals surface area contributed by atoms with E-state index in [0.29, 0.717) is 27.4 Å². The summed E-state index contributed by atoms with van der Waals surface area (Å²) < 4.78 is 19.5. The van der Waals surface area contributed by atoms with E-state index in [0.717, 1.165) is 12.0 Å². The van der Waals surface area contributed by atoms with E-state index < -0.39 is 0 Å². The summed E-state index contributed by atoms with van der Waals surface area (Å²) in [6.07, 6.45) is 1.48. The molecule has 1 unspecified atom stereocenters. The van der Waals surface area contributed by atoms with Gasteiger partial charge in [-0.3, -0.25) is 0 Å². The molecule has 0 amide bonds. The topological polar surface area (TPSA) is 35.2 Å². The molecule has 0 radical (unpaired) electrons. The fourth-order valence-corrected chi connectivity index (χ4v) is 2.59. The fourth-order valence-electron chi connectivity index (χ4n) is 1.92. The van der Waals surface area contributed by atoms with E-state index >= 15 is 0 Å². The Kier molecular flexibility index (Phi) is 5.62. The van der Waals surface area contributed by atoms with Gasteiger partial charge in [-0.1, -0.05) is 24.6 Å². The lowest BCUT2D eigenvalue weighted by Gasteiger charge is -2.16. The Morgan fingerprint density at radius 3 is 2.71 bits per heavy atom. The maximum atomic E-state index is 13.1. The molecular formula is C16H16BrClFNO. The van der Waals surface area contributed by atoms with Crippen LogP contribution in [-0.4, -0.2) is 6.04 Å². The highest BCUT2D eigenvalue weighted by Crippen LogP contribution is 2.35. The van der Waals surface area contributed by atoms with Gasteiger partial charge in [-0.25, -0.2) is 4.39 Å². The summed E-state index contributed by atoms with van der Waals surface area (Å²) in [6, 6.07) is 9.76. The molecule has 0 aliphatic heterocycles. The number of hydrogen-bond donors (Lipinski definition) is 1. The van der Waals surface area contributed by atoms with E-state index in [2.05, 4.69) is 15.9 Å². The third-order valence-electron chi connectivity index (χ3n) is 3.18. The van der Waals surface area contributed by atoms with E-state index in [4.69, 9.17) is 22.1 Å². The third kappa shape index (κ3) is 4.19. The number of nitrogens with two attached hydrogens (primary N) is 1. The van der Waals surface area contributed by atoms with Gasteiger partial charge in [0.05, 0.1) is 4.47 Å². The van der Waals surface area contributed by atoms with Gasteiger partial charge >= 0.3 is 0 Å². The molecule has 2 aromatic carbocycles. The van der Waals surface area contributed by atoms with Crippen molar-refractivity contribution in [1.29, 1.82) is 0 Å². The molecule has 5 heteroatoms. The lowest BCUT2D eigenvalue weighted by atomic mass is 10.0. The predicted molar refractivity (Wildman–Crippen MR) is 87.6 cm³/mol. The molecule has 0 aliphatic carbocycles. The largest absolute Gasteiger partial charge is 0.456 e. The van der Waals surface area contributed by atoms with Crippen molar-refractivity contribution in [2.24, 2.45) is 5.73 Å². The zero-order valence-electron chi connectivity index (χ0n) is 11.6. The summed E-state index contributed by atoms with van der Waals surface area (Å²) in [7, 11) is 0. The van der Waals surface area contributed by atoms with Gasteiger partial charge in [0.1, 0.15) is 17.3 Å². The molecule has 112 valence electrons. The molecule has 21 heavy (non-hydrogen) atoms. The normalized spacial score (nSPS) is 12.2. The van der Waals surface area contributed by atoms with Crippen LogP contribution in [-0.2, 0) is 6.42 Å². The van der Waals surface area contributed by atoms with Crippen molar-refractivity contribution < 1.29 is 9.13 Å². The van der Waals surface area contributed by atoms with Crippen LogP contribution < -0.4 is 10.5 Å². The molecule has 2 N–H and O–H groups in total. The summed E-state index contributed by atoms with van der Waals surface area (Å²) in [4.78, 5) is 0. The minimum atomic E-state index is -0.325. The molecule has 0 saturated heterocycles. The molecule has 0 saturated carbocycles. The molecule has 0 bridgehead atoms. The zero-order chi connectivity index (χ0) is 15.4. The summed E-state index contributed by atoms with van der Waals surface area (Å²) in [5.74, 6) is 0.845. The molecule has 0 aromatic heterocycles. The SMILES string of the molecule is CCC(N)Cc1c(Cl)cccc1Oc1ccc(F)cc1Br. The van der Waals surface area contributed by atoms with Gasteiger partial charge in [0.25, 0.3) is 0 Å². The highest BCUT2D eigenvalue weighted by molar-refractivity contribution is 9.10. The van der Waals surface area contributed by atoms with Gasteiger partial charge < -0.3 is 10.5 Å². The molecule has 2 rings (SSSR count). The van der Waals surface area contributed by atoms with Crippen molar-refractivity contribution >= 4 is 27.5 Å². The second kappa shape index (κ2) is 7.25. The molecule has 0 fully saturated rings. The van der Waals surface area contributed by atoms with E-state index in [9.17, 15) is 4.39 Å². The minimum absolute atomic E-state index is 0.0175. The van der Waals surface area contributed by atoms with Crippen LogP contribution in [0.1, 0.15) is 18.9 Å². The third-order valence-corrected chi connectivity index (χ3v) is 4.15. The number of rotatable bonds is 5. The van der Waals surface area contributed by atoms with Crippen molar-refractivity contribution in [3.8, 4) is 11.5 Å². The van der Waals surface area contributed by atoms with Crippen LogP contribution in [0, 0.1) is 5.82 Å². The van der Waals surface area contributed by atoms with Gasteiger partial charge in [-0.15, -0.1) is 0 Å². The highest BCUT2D eigenvalue weighted by Gasteiger charge is 2.13. The first kappa shape index (κ1) is 16.3. The standard InChI is InChI=1S/C16H16BrClFNO/c1-2-11(20)9-12-14(18)4-3-5-15(12)21-16-7-6-10(19)8-13(16)17/h3-8,11H,2,9,20H2,1H3. The average Bonchev–Trinajstić information content (AvgIpc) is 2.45. The van der Waals surface area contributed by atoms with E-state index in [1.165, 1.54) is 12.1 Å². The molecule has 0 spiro atoms. The minimum Gasteiger partial charge on any atom is -0.456 e. The van der Waals surface area contributed by atoms with Gasteiger partial charge in [-0.05, 0) is 59.1 Å². The maximum Gasteiger partial charge on any atom is 0.141 e. The Balaban J connectivity index is 2.33. The van der Waals surface area contributed by atoms with Crippen LogP contribution in [0.5, 0.6) is 11.5 Å². The lowest BCUT2D eigenvalue weighted by molar-refractivity contribution is 0.467. The Morgan fingerprint density at radius 1 is 1.29 bits per heavy atom. The average molecular weight is 373 g/mol. The van der Waals surface area contributed by atoms with Crippen molar-refractivity contribution in [1.82, 2.24) is 0 Å². The van der Waals surface area contributed by atoms with Crippen LogP contribution in [0.25, 0.3) is 0 Å². The van der Waals surface area contributed by atoms with Gasteiger partial charge in [0.15, 0.2) is 0 Å². The molecule has 0 heterocycles. The van der Waals surface area contributed by atoms with Crippen molar-refractivity contribution in [2.75, 3.05) is 0 Å². The Morgan fingerprint density at radius 2 is 2.05 bits per heavy atom. The van der Waals surface area contributed by atoms with E-state index in [-0.39, 0.29) is 11.9 Å². The van der Waals surface area contributed by atoms with Crippen LogP contribution >= 0.6 is 27.5 Å². The summed E-state index contributed by atoms with van der Waals surface area (Å²) in [5, 5.41) is 0.620. The molecule has 2 aromatic rings. The van der Waals surface area contributed by atoms with E-state index in [1.807, 2.05) is 25.1 Å². The quantitative estimate of drug-likeness (QED) is 0.771. The molecule has 1 atom stereocenters. The maximum absolute atomic E-state index is 13.1. The van der Waals surface area contributed by atoms with Gasteiger partial charge in [0.2, 0.25) is 0 Å². The molecule has 2 nitrogen and oxygen atoms in total. The first-order valence-electron chi connectivity index (χ1n) is 6.67. The van der Waals surface area contributed by atoms with Crippen LogP contribution in [0.2, 0.25) is 5.02 Å². The highest BCUT2D eigenvalue weighted by atomic mass is 79.9. The van der Waals surface area contributed by atoms with Gasteiger partial charge in [0, 0.05) is 16.6 Å². The van der Waals surface area contributed by atoms with Crippen molar-refractivity contribution in [3.63, 3.8) is 0 Å². The second-order valence-corrected chi connectivity index (χ2v) is 6.03. The molecular weight excluding hydrogens is 357 g/mol. The fraction of sp³-hybridized carbons (Fsp3) is 0.250. The monoisotopic (exact) mass is 371 g/mol. The first-order chi connectivity index (χ1) is 10.0. The first-order valence-corrected chi connectivity index (χ1v) is 7.84. The zero-order valence-corrected chi connectivity index (χ0v) is 13.9. The summed E-state index contributed by atoms with van der Waals surface area (Å²) >= 11 is 9.54. The van der Waals surface area contributed by atoms with Gasteiger partial charge in [-0.2, -0.15) is 0 Å². The number of halogens is 3. The number of benzene rings is 2. The number of hydrogen-bond acceptors (Lipinski definition) is 2. The predicted octanol–water partition coefficient (Wildman–Crippen LogP) is 5.31. The van der Waals surface area contributed by atoms with Crippen molar-refractivity contribution in [2.45, 2.75) is 25.8 Å². The van der Waals surface area contributed by atoms with Crippen LogP contribution in [0.3, 0.4) is 0 Å². The Bertz CT molecular complexity index is 636. The van der Waals surface area contributed by atoms with Crippen LogP contribution in [0.4, 0.5) is 4.39 Å². The second-order valence-electron chi connectivity index (χ2n) is 4.77.